The summed E-state index contributed by atoms with van der Waals surface area (Å²) in [5, 5.41) is 23.8. The van der Waals surface area contributed by atoms with Crippen LogP contribution in [0, 0.1) is 11.3 Å². The highest BCUT2D eigenvalue weighted by Gasteiger charge is 2.22. The minimum atomic E-state index is 0.475. The van der Waals surface area contributed by atoms with Gasteiger partial charge in [0.1, 0.15) is 34.0 Å². The first-order chi connectivity index (χ1) is 28.1. The van der Waals surface area contributed by atoms with Crippen molar-refractivity contribution in [2.24, 2.45) is 0 Å². The van der Waals surface area contributed by atoms with Crippen molar-refractivity contribution in [1.82, 2.24) is 0 Å². The number of hydrogen-bond donors (Lipinski definition) is 1. The maximum atomic E-state index is 10.4. The number of anilines is 5. The van der Waals surface area contributed by atoms with Crippen molar-refractivity contribution in [3.05, 3.63) is 175 Å². The average Bonchev–Trinajstić information content (AvgIpc) is 3.93. The number of rotatable bonds is 5. The molecule has 1 N–H and O–H groups in total. The van der Waals surface area contributed by atoms with Crippen molar-refractivity contribution in [2.75, 3.05) is 10.2 Å². The number of hydrogen-bond acceptors (Lipinski definition) is 6. The summed E-state index contributed by atoms with van der Waals surface area (Å²) >= 11 is 0. The fraction of sp³-hybridized carbons (Fsp3) is 0. The second kappa shape index (κ2) is 12.0. The average molecular weight is 732 g/mol. The molecular weight excluding hydrogens is 703 g/mol. The van der Waals surface area contributed by atoms with Crippen molar-refractivity contribution in [3.63, 3.8) is 0 Å². The van der Waals surface area contributed by atoms with E-state index in [4.69, 9.17) is 13.3 Å². The summed E-state index contributed by atoms with van der Waals surface area (Å²) in [5.41, 5.74) is 9.99. The third-order valence-electron chi connectivity index (χ3n) is 11.2. The van der Waals surface area contributed by atoms with E-state index in [-0.39, 0.29) is 0 Å². The highest BCUT2D eigenvalue weighted by atomic mass is 16.3. The second-order valence-electron chi connectivity index (χ2n) is 14.6. The Morgan fingerprint density at radius 3 is 1.89 bits per heavy atom. The summed E-state index contributed by atoms with van der Waals surface area (Å²) in [6, 6.07) is 60.7. The van der Waals surface area contributed by atoms with Crippen LogP contribution in [0.2, 0.25) is 0 Å². The first-order valence-corrected chi connectivity index (χ1v) is 18.9. The third-order valence-corrected chi connectivity index (χ3v) is 11.2. The van der Waals surface area contributed by atoms with Gasteiger partial charge in [0, 0.05) is 55.4 Å². The Balaban J connectivity index is 1.01. The first-order valence-electron chi connectivity index (χ1n) is 18.9. The number of nitrogens with one attached hydrogen (secondary N) is 1. The molecule has 0 aliphatic rings. The number of furan rings is 3. The molecule has 3 aromatic heterocycles. The van der Waals surface area contributed by atoms with E-state index in [0.29, 0.717) is 22.3 Å². The lowest BCUT2D eigenvalue weighted by atomic mass is 10.0. The smallest absolute Gasteiger partial charge is 0.156 e. The lowest BCUT2D eigenvalue weighted by Gasteiger charge is -2.26. The van der Waals surface area contributed by atoms with Crippen LogP contribution in [0.25, 0.3) is 87.4 Å². The summed E-state index contributed by atoms with van der Waals surface area (Å²) in [5.74, 6) is 0. The predicted molar refractivity (Wildman–Crippen MR) is 232 cm³/mol. The van der Waals surface area contributed by atoms with Crippen LogP contribution in [-0.2, 0) is 0 Å². The van der Waals surface area contributed by atoms with Gasteiger partial charge >= 0.3 is 0 Å². The van der Waals surface area contributed by atoms with Gasteiger partial charge in [-0.15, -0.1) is 0 Å². The molecule has 0 amide bonds. The van der Waals surface area contributed by atoms with Gasteiger partial charge in [0.15, 0.2) is 5.58 Å². The minimum Gasteiger partial charge on any atom is -0.456 e. The van der Waals surface area contributed by atoms with Gasteiger partial charge in [0.05, 0.1) is 10.9 Å². The van der Waals surface area contributed by atoms with Gasteiger partial charge < -0.3 is 23.5 Å². The van der Waals surface area contributed by atoms with Crippen molar-refractivity contribution >= 4 is 116 Å². The van der Waals surface area contributed by atoms with Crippen LogP contribution < -0.4 is 10.2 Å². The van der Waals surface area contributed by atoms with Crippen molar-refractivity contribution in [3.8, 4) is 6.07 Å². The highest BCUT2D eigenvalue weighted by Crippen LogP contribution is 2.44. The Morgan fingerprint density at radius 1 is 0.404 bits per heavy atom. The molecular formula is C51H29N3O3. The molecule has 0 fully saturated rings. The molecule has 12 rings (SSSR count). The van der Waals surface area contributed by atoms with E-state index in [2.05, 4.69) is 125 Å². The molecule has 6 nitrogen and oxygen atoms in total. The zero-order chi connectivity index (χ0) is 37.6. The molecule has 12 aromatic rings. The molecule has 0 atom stereocenters. The Morgan fingerprint density at radius 2 is 1.05 bits per heavy atom. The summed E-state index contributed by atoms with van der Waals surface area (Å²) in [7, 11) is 0. The molecule has 0 radical (unpaired) electrons. The summed E-state index contributed by atoms with van der Waals surface area (Å²) in [6.45, 7) is 0. The maximum Gasteiger partial charge on any atom is 0.156 e. The molecule has 266 valence electrons. The largest absolute Gasteiger partial charge is 0.456 e. The Bertz CT molecular complexity index is 3630. The van der Waals surface area contributed by atoms with Gasteiger partial charge in [-0.05, 0) is 125 Å². The zero-order valence-electron chi connectivity index (χ0n) is 30.3. The fourth-order valence-electron chi connectivity index (χ4n) is 8.51. The number of fused-ring (bicyclic) bond motifs is 12. The molecule has 0 saturated heterocycles. The van der Waals surface area contributed by atoms with Crippen LogP contribution in [0.1, 0.15) is 5.56 Å². The van der Waals surface area contributed by atoms with E-state index in [1.165, 1.54) is 0 Å². The first kappa shape index (κ1) is 31.4. The summed E-state index contributed by atoms with van der Waals surface area (Å²) in [6.07, 6.45) is 0. The molecule has 0 bridgehead atoms. The molecule has 9 aromatic carbocycles. The van der Waals surface area contributed by atoms with Crippen LogP contribution in [0.5, 0.6) is 0 Å². The fourth-order valence-corrected chi connectivity index (χ4v) is 8.51. The van der Waals surface area contributed by atoms with Crippen molar-refractivity contribution < 1.29 is 13.3 Å². The quantitative estimate of drug-likeness (QED) is 0.190. The van der Waals surface area contributed by atoms with Crippen LogP contribution in [0.15, 0.2) is 183 Å². The summed E-state index contributed by atoms with van der Waals surface area (Å²) in [4.78, 5) is 2.27. The SMILES string of the molecule is N#Cc1cc2c3cc4ccc(N(c5ccccc5)c5ccc6oc7ccccc7c6c5)cc4cc3oc2c2c1oc1cc3cc(Nc4ccccc4)ccc3cc12. The summed E-state index contributed by atoms with van der Waals surface area (Å²) < 4.78 is 19.4. The number of nitriles is 1. The molecule has 6 heteroatoms. The van der Waals surface area contributed by atoms with Gasteiger partial charge in [-0.25, -0.2) is 0 Å². The second-order valence-corrected chi connectivity index (χ2v) is 14.6. The number of nitrogens with zero attached hydrogens (tertiary/aromatic N) is 2. The van der Waals surface area contributed by atoms with E-state index in [1.54, 1.807) is 0 Å². The van der Waals surface area contributed by atoms with Crippen molar-refractivity contribution in [2.45, 2.75) is 0 Å². The van der Waals surface area contributed by atoms with Gasteiger partial charge in [-0.3, -0.25) is 0 Å². The Labute approximate surface area is 325 Å². The molecule has 57 heavy (non-hydrogen) atoms. The Kier molecular flexibility index (Phi) is 6.60. The minimum absolute atomic E-state index is 0.475. The monoisotopic (exact) mass is 731 g/mol. The van der Waals surface area contributed by atoms with E-state index < -0.39 is 0 Å². The van der Waals surface area contributed by atoms with Crippen molar-refractivity contribution in [1.29, 1.82) is 5.26 Å². The standard InChI is InChI=1S/C51H29N3O3/c52-29-34-25-43-41-23-31-16-18-38(54(37-11-5-2-6-12-37)39-19-20-46-42(28-39)40-13-7-8-14-45(40)55-46)22-33(31)27-47(41)57-51(43)49-44-24-30-15-17-36(53-35-9-3-1-4-10-35)21-32(30)26-48(44)56-50(34)49/h1-28,53H. The molecule has 0 aliphatic carbocycles. The molecule has 0 saturated carbocycles. The van der Waals surface area contributed by atoms with E-state index in [9.17, 15) is 5.26 Å². The van der Waals surface area contributed by atoms with Crippen LogP contribution >= 0.6 is 0 Å². The molecule has 3 heterocycles. The Hall–Kier alpha value is -8.01. The van der Waals surface area contributed by atoms with E-state index in [1.807, 2.05) is 60.7 Å². The van der Waals surface area contributed by atoms with Crippen LogP contribution in [0.3, 0.4) is 0 Å². The molecule has 0 unspecified atom stereocenters. The topological polar surface area (TPSA) is 78.5 Å². The lowest BCUT2D eigenvalue weighted by molar-refractivity contribution is 0.662. The number of benzene rings is 9. The van der Waals surface area contributed by atoms with Gasteiger partial charge in [-0.1, -0.05) is 66.7 Å². The normalized spacial score (nSPS) is 11.8. The third kappa shape index (κ3) is 4.90. The maximum absolute atomic E-state index is 10.4. The van der Waals surface area contributed by atoms with Gasteiger partial charge in [0.2, 0.25) is 0 Å². The highest BCUT2D eigenvalue weighted by molar-refractivity contribution is 6.25. The molecule has 0 aliphatic heterocycles. The molecule has 0 spiro atoms. The zero-order valence-corrected chi connectivity index (χ0v) is 30.3. The van der Waals surface area contributed by atoms with E-state index >= 15 is 0 Å². The van der Waals surface area contributed by atoms with Gasteiger partial charge in [0.25, 0.3) is 0 Å². The number of para-hydroxylation sites is 3. The van der Waals surface area contributed by atoms with Gasteiger partial charge in [-0.2, -0.15) is 5.26 Å². The van der Waals surface area contributed by atoms with E-state index in [0.717, 1.165) is 99.0 Å². The lowest BCUT2D eigenvalue weighted by Crippen LogP contribution is -2.09. The van der Waals surface area contributed by atoms with Crippen LogP contribution in [-0.4, -0.2) is 0 Å². The predicted octanol–water partition coefficient (Wildman–Crippen LogP) is 14.8. The van der Waals surface area contributed by atoms with Crippen LogP contribution in [0.4, 0.5) is 28.4 Å².